The highest BCUT2D eigenvalue weighted by Crippen LogP contribution is 2.20. The summed E-state index contributed by atoms with van der Waals surface area (Å²) in [4.78, 5) is 4.09. The second-order valence-electron chi connectivity index (χ2n) is 4.62. The molecule has 2 N–H and O–H groups in total. The van der Waals surface area contributed by atoms with Gasteiger partial charge in [-0.15, -0.1) is 0 Å². The normalized spacial score (nSPS) is 15.6. The van der Waals surface area contributed by atoms with Crippen molar-refractivity contribution in [2.24, 2.45) is 0 Å². The van der Waals surface area contributed by atoms with E-state index in [-0.39, 0.29) is 6.04 Å². The number of aliphatic hydroxyl groups excluding tert-OH is 1. The van der Waals surface area contributed by atoms with Crippen molar-refractivity contribution < 1.29 is 9.84 Å². The van der Waals surface area contributed by atoms with E-state index in [1.807, 2.05) is 23.6 Å². The van der Waals surface area contributed by atoms with Crippen molar-refractivity contribution in [3.63, 3.8) is 0 Å². The third kappa shape index (κ3) is 4.03. The summed E-state index contributed by atoms with van der Waals surface area (Å²) in [6, 6.07) is 10.3. The molecule has 0 radical (unpaired) electrons. The fraction of sp³-hybridized carbons (Fsp3) is 0.400. The fourth-order valence-electron chi connectivity index (χ4n) is 1.98. The quantitative estimate of drug-likeness (QED) is 0.770. The Kier molecular flexibility index (Phi) is 5.52. The molecule has 0 fully saturated rings. The first-order valence-electron chi connectivity index (χ1n) is 6.76. The molecule has 1 aromatic carbocycles. The van der Waals surface area contributed by atoms with E-state index in [1.165, 1.54) is 16.9 Å². The number of rotatable bonds is 7. The van der Waals surface area contributed by atoms with Crippen LogP contribution in [-0.4, -0.2) is 22.4 Å². The van der Waals surface area contributed by atoms with Gasteiger partial charge in [0.15, 0.2) is 6.23 Å². The standard InChI is InChI=1S/C15H20N2O2S/c1-3-13(12-7-5-4-6-8-12)17-14(11(2)18)19-15-16-9-10-20-15/h4-11,13-14,17-18H,3H2,1-2H3. The molecule has 0 spiro atoms. The van der Waals surface area contributed by atoms with Gasteiger partial charge in [-0.05, 0) is 18.9 Å². The number of ether oxygens (including phenoxy) is 1. The molecule has 4 nitrogen and oxygen atoms in total. The van der Waals surface area contributed by atoms with Crippen LogP contribution in [0.2, 0.25) is 0 Å². The molecule has 0 bridgehead atoms. The van der Waals surface area contributed by atoms with Crippen LogP contribution in [0.25, 0.3) is 0 Å². The summed E-state index contributed by atoms with van der Waals surface area (Å²) < 4.78 is 5.72. The van der Waals surface area contributed by atoms with Gasteiger partial charge in [0, 0.05) is 17.6 Å². The molecule has 2 aromatic rings. The molecule has 3 unspecified atom stereocenters. The zero-order valence-corrected chi connectivity index (χ0v) is 12.5. The van der Waals surface area contributed by atoms with Crippen molar-refractivity contribution in [1.82, 2.24) is 10.3 Å². The lowest BCUT2D eigenvalue weighted by atomic mass is 10.0. The number of benzene rings is 1. The summed E-state index contributed by atoms with van der Waals surface area (Å²) in [5.74, 6) is 0. The van der Waals surface area contributed by atoms with Gasteiger partial charge < -0.3 is 9.84 Å². The molecule has 1 heterocycles. The lowest BCUT2D eigenvalue weighted by molar-refractivity contribution is 0.0184. The molecule has 0 saturated heterocycles. The summed E-state index contributed by atoms with van der Waals surface area (Å²) in [5.41, 5.74) is 1.18. The highest BCUT2D eigenvalue weighted by atomic mass is 32.1. The Morgan fingerprint density at radius 3 is 2.65 bits per heavy atom. The Morgan fingerprint density at radius 2 is 2.10 bits per heavy atom. The highest BCUT2D eigenvalue weighted by molar-refractivity contribution is 7.11. The minimum Gasteiger partial charge on any atom is -0.448 e. The summed E-state index contributed by atoms with van der Waals surface area (Å²) in [6.45, 7) is 3.82. The molecule has 0 amide bonds. The fourth-order valence-corrected chi connectivity index (χ4v) is 2.50. The molecular formula is C15H20N2O2S. The van der Waals surface area contributed by atoms with E-state index < -0.39 is 12.3 Å². The first kappa shape index (κ1) is 15.0. The third-order valence-electron chi connectivity index (χ3n) is 3.05. The second kappa shape index (κ2) is 7.38. The Hall–Kier alpha value is -1.43. The van der Waals surface area contributed by atoms with Gasteiger partial charge in [-0.2, -0.15) is 0 Å². The topological polar surface area (TPSA) is 54.4 Å². The highest BCUT2D eigenvalue weighted by Gasteiger charge is 2.22. The number of aliphatic hydroxyl groups is 1. The number of hydrogen-bond acceptors (Lipinski definition) is 5. The van der Waals surface area contributed by atoms with Crippen molar-refractivity contribution in [3.8, 4) is 5.19 Å². The van der Waals surface area contributed by atoms with Crippen molar-refractivity contribution >= 4 is 11.3 Å². The van der Waals surface area contributed by atoms with Crippen molar-refractivity contribution in [2.45, 2.75) is 38.6 Å². The smallest absolute Gasteiger partial charge is 0.274 e. The van der Waals surface area contributed by atoms with E-state index in [2.05, 4.69) is 29.4 Å². The summed E-state index contributed by atoms with van der Waals surface area (Å²) in [5, 5.41) is 15.7. The first-order valence-corrected chi connectivity index (χ1v) is 7.64. The third-order valence-corrected chi connectivity index (χ3v) is 3.71. The molecule has 108 valence electrons. The van der Waals surface area contributed by atoms with E-state index in [0.29, 0.717) is 5.19 Å². The molecule has 0 aliphatic heterocycles. The molecule has 5 heteroatoms. The molecule has 3 atom stereocenters. The maximum Gasteiger partial charge on any atom is 0.274 e. The van der Waals surface area contributed by atoms with Crippen LogP contribution in [0.1, 0.15) is 31.9 Å². The van der Waals surface area contributed by atoms with Crippen LogP contribution < -0.4 is 10.1 Å². The monoisotopic (exact) mass is 292 g/mol. The van der Waals surface area contributed by atoms with Gasteiger partial charge in [0.2, 0.25) is 0 Å². The minimum atomic E-state index is -0.628. The SMILES string of the molecule is CCC(NC(Oc1nccs1)C(C)O)c1ccccc1. The molecule has 0 aliphatic rings. The Labute approximate surface area is 123 Å². The molecule has 0 saturated carbocycles. The average molecular weight is 292 g/mol. The van der Waals surface area contributed by atoms with E-state index in [1.54, 1.807) is 13.1 Å². The Bertz CT molecular complexity index is 488. The Balaban J connectivity index is 2.06. The molecular weight excluding hydrogens is 272 g/mol. The van der Waals surface area contributed by atoms with E-state index in [4.69, 9.17) is 4.74 Å². The minimum absolute atomic E-state index is 0.135. The number of nitrogens with zero attached hydrogens (tertiary/aromatic N) is 1. The van der Waals surface area contributed by atoms with Crippen LogP contribution in [-0.2, 0) is 0 Å². The van der Waals surface area contributed by atoms with Crippen LogP contribution in [0.15, 0.2) is 41.9 Å². The van der Waals surface area contributed by atoms with Crippen LogP contribution in [0.4, 0.5) is 0 Å². The summed E-state index contributed by atoms with van der Waals surface area (Å²) in [7, 11) is 0. The number of aromatic nitrogens is 1. The van der Waals surface area contributed by atoms with Crippen molar-refractivity contribution in [1.29, 1.82) is 0 Å². The largest absolute Gasteiger partial charge is 0.448 e. The Morgan fingerprint density at radius 1 is 1.35 bits per heavy atom. The molecule has 0 aliphatic carbocycles. The van der Waals surface area contributed by atoms with Crippen LogP contribution in [0, 0.1) is 0 Å². The van der Waals surface area contributed by atoms with Gasteiger partial charge in [-0.1, -0.05) is 48.6 Å². The maximum absolute atomic E-state index is 9.89. The van der Waals surface area contributed by atoms with Gasteiger partial charge in [-0.3, -0.25) is 5.32 Å². The van der Waals surface area contributed by atoms with Gasteiger partial charge in [0.25, 0.3) is 5.19 Å². The predicted octanol–water partition coefficient (Wildman–Crippen LogP) is 2.97. The maximum atomic E-state index is 9.89. The van der Waals surface area contributed by atoms with Gasteiger partial charge in [-0.25, -0.2) is 4.98 Å². The van der Waals surface area contributed by atoms with Crippen molar-refractivity contribution in [3.05, 3.63) is 47.5 Å². The molecule has 20 heavy (non-hydrogen) atoms. The van der Waals surface area contributed by atoms with E-state index in [0.717, 1.165) is 6.42 Å². The van der Waals surface area contributed by atoms with Gasteiger partial charge >= 0.3 is 0 Å². The van der Waals surface area contributed by atoms with E-state index >= 15 is 0 Å². The van der Waals surface area contributed by atoms with Crippen molar-refractivity contribution in [2.75, 3.05) is 0 Å². The second-order valence-corrected chi connectivity index (χ2v) is 5.47. The number of thiazole rings is 1. The summed E-state index contributed by atoms with van der Waals surface area (Å²) in [6.07, 6.45) is 1.49. The lowest BCUT2D eigenvalue weighted by Crippen LogP contribution is -2.44. The number of hydrogen-bond donors (Lipinski definition) is 2. The van der Waals surface area contributed by atoms with Crippen LogP contribution in [0.5, 0.6) is 5.19 Å². The van der Waals surface area contributed by atoms with Crippen LogP contribution in [0.3, 0.4) is 0 Å². The van der Waals surface area contributed by atoms with Gasteiger partial charge in [0.05, 0.1) is 0 Å². The molecule has 2 rings (SSSR count). The van der Waals surface area contributed by atoms with Crippen LogP contribution >= 0.6 is 11.3 Å². The predicted molar refractivity (Wildman–Crippen MR) is 80.8 cm³/mol. The zero-order chi connectivity index (χ0) is 14.4. The molecule has 1 aromatic heterocycles. The zero-order valence-electron chi connectivity index (χ0n) is 11.7. The lowest BCUT2D eigenvalue weighted by Gasteiger charge is -2.27. The number of nitrogens with one attached hydrogen (secondary N) is 1. The summed E-state index contributed by atoms with van der Waals surface area (Å²) >= 11 is 1.41. The average Bonchev–Trinajstić information content (AvgIpc) is 2.97. The first-order chi connectivity index (χ1) is 9.70. The van der Waals surface area contributed by atoms with E-state index in [9.17, 15) is 5.11 Å². The van der Waals surface area contributed by atoms with Gasteiger partial charge in [0.1, 0.15) is 6.10 Å².